The molecule has 1 rings (SSSR count). The minimum atomic E-state index is -1.17. The van der Waals surface area contributed by atoms with Crippen molar-refractivity contribution in [1.29, 1.82) is 0 Å². The third-order valence-corrected chi connectivity index (χ3v) is 1.88. The van der Waals surface area contributed by atoms with Gasteiger partial charge in [0.2, 0.25) is 0 Å². The van der Waals surface area contributed by atoms with Crippen molar-refractivity contribution < 1.29 is 19.1 Å². The number of amides is 2. The number of halogens is 2. The van der Waals surface area contributed by atoms with E-state index in [1.807, 2.05) is 0 Å². The van der Waals surface area contributed by atoms with E-state index in [1.165, 1.54) is 12.1 Å². The zero-order valence-electron chi connectivity index (χ0n) is 7.96. The number of anilines is 1. The average Bonchev–Trinajstić information content (AvgIpc) is 2.21. The Bertz CT molecular complexity index is 425. The summed E-state index contributed by atoms with van der Waals surface area (Å²) in [7, 11) is 0. The van der Waals surface area contributed by atoms with Crippen LogP contribution in [0.5, 0.6) is 0 Å². The molecule has 86 valence electrons. The maximum Gasteiger partial charge on any atom is 0.323 e. The number of carbonyl (C=O) groups is 2. The van der Waals surface area contributed by atoms with Gasteiger partial charge < -0.3 is 15.7 Å². The zero-order valence-corrected chi connectivity index (χ0v) is 8.71. The van der Waals surface area contributed by atoms with Crippen molar-refractivity contribution in [3.63, 3.8) is 0 Å². The molecular weight excluding hydrogens is 239 g/mol. The lowest BCUT2D eigenvalue weighted by molar-refractivity contribution is -0.135. The predicted octanol–water partition coefficient (Wildman–Crippen LogP) is 1.69. The Morgan fingerprint density at radius 3 is 2.69 bits per heavy atom. The molecule has 0 unspecified atom stereocenters. The van der Waals surface area contributed by atoms with Crippen LogP contribution >= 0.6 is 11.6 Å². The van der Waals surface area contributed by atoms with Crippen LogP contribution < -0.4 is 10.6 Å². The molecule has 0 aliphatic rings. The van der Waals surface area contributed by atoms with E-state index in [1.54, 1.807) is 0 Å². The summed E-state index contributed by atoms with van der Waals surface area (Å²) in [5.74, 6) is -1.84. The van der Waals surface area contributed by atoms with E-state index < -0.39 is 24.4 Å². The number of aliphatic carboxylic acids is 1. The van der Waals surface area contributed by atoms with Crippen LogP contribution in [-0.4, -0.2) is 23.7 Å². The molecule has 0 aromatic heterocycles. The molecule has 0 fully saturated rings. The number of nitrogens with one attached hydrogen (secondary N) is 2. The van der Waals surface area contributed by atoms with Crippen LogP contribution in [0.25, 0.3) is 0 Å². The summed E-state index contributed by atoms with van der Waals surface area (Å²) in [5.41, 5.74) is 0.185. The molecule has 16 heavy (non-hydrogen) atoms. The highest BCUT2D eigenvalue weighted by Gasteiger charge is 2.05. The number of carbonyl (C=O) groups excluding carboxylic acids is 1. The highest BCUT2D eigenvalue weighted by atomic mass is 35.5. The van der Waals surface area contributed by atoms with Gasteiger partial charge in [-0.3, -0.25) is 4.79 Å². The van der Waals surface area contributed by atoms with Crippen LogP contribution in [-0.2, 0) is 4.79 Å². The zero-order chi connectivity index (χ0) is 12.1. The summed E-state index contributed by atoms with van der Waals surface area (Å²) in [5, 5.41) is 12.5. The van der Waals surface area contributed by atoms with Gasteiger partial charge in [0, 0.05) is 5.69 Å². The molecular formula is C9H8ClFN2O3. The van der Waals surface area contributed by atoms with Gasteiger partial charge in [-0.1, -0.05) is 11.6 Å². The van der Waals surface area contributed by atoms with Crippen molar-refractivity contribution in [3.05, 3.63) is 29.0 Å². The Morgan fingerprint density at radius 2 is 2.12 bits per heavy atom. The minimum Gasteiger partial charge on any atom is -0.480 e. The molecule has 0 atom stereocenters. The molecule has 0 saturated heterocycles. The Hall–Kier alpha value is -1.82. The smallest absolute Gasteiger partial charge is 0.323 e. The Morgan fingerprint density at radius 1 is 1.44 bits per heavy atom. The van der Waals surface area contributed by atoms with E-state index in [-0.39, 0.29) is 10.7 Å². The largest absolute Gasteiger partial charge is 0.480 e. The number of hydrogen-bond acceptors (Lipinski definition) is 2. The average molecular weight is 247 g/mol. The van der Waals surface area contributed by atoms with Gasteiger partial charge >= 0.3 is 12.0 Å². The molecule has 3 N–H and O–H groups in total. The van der Waals surface area contributed by atoms with Gasteiger partial charge in [-0.15, -0.1) is 0 Å². The third-order valence-electron chi connectivity index (χ3n) is 1.58. The summed E-state index contributed by atoms with van der Waals surface area (Å²) >= 11 is 5.44. The summed E-state index contributed by atoms with van der Waals surface area (Å²) in [6.07, 6.45) is 0. The molecule has 0 aliphatic heterocycles. The maximum absolute atomic E-state index is 12.9. The standard InChI is InChI=1S/C9H8ClFN2O3/c10-6-2-1-5(3-7(6)11)13-9(16)12-4-8(14)15/h1-3H,4H2,(H,14,15)(H2,12,13,16). The van der Waals surface area contributed by atoms with Gasteiger partial charge in [0.25, 0.3) is 0 Å². The molecule has 0 aliphatic carbocycles. The molecule has 7 heteroatoms. The second-order valence-corrected chi connectivity index (χ2v) is 3.24. The third kappa shape index (κ3) is 3.74. The van der Waals surface area contributed by atoms with Crippen LogP contribution in [0.3, 0.4) is 0 Å². The van der Waals surface area contributed by atoms with Crippen molar-refractivity contribution in [1.82, 2.24) is 5.32 Å². The van der Waals surface area contributed by atoms with Crippen molar-refractivity contribution in [3.8, 4) is 0 Å². The number of rotatable bonds is 3. The van der Waals surface area contributed by atoms with Crippen molar-refractivity contribution >= 4 is 29.3 Å². The van der Waals surface area contributed by atoms with E-state index in [0.29, 0.717) is 0 Å². The quantitative estimate of drug-likeness (QED) is 0.759. The van der Waals surface area contributed by atoms with Crippen LogP contribution in [0.2, 0.25) is 5.02 Å². The number of carboxylic acid groups (broad SMARTS) is 1. The van der Waals surface area contributed by atoms with Gasteiger partial charge in [0.15, 0.2) is 0 Å². The molecule has 0 bridgehead atoms. The molecule has 0 heterocycles. The maximum atomic E-state index is 12.9. The predicted molar refractivity (Wildman–Crippen MR) is 56.1 cm³/mol. The lowest BCUT2D eigenvalue weighted by atomic mass is 10.3. The molecule has 0 spiro atoms. The van der Waals surface area contributed by atoms with E-state index in [9.17, 15) is 14.0 Å². The van der Waals surface area contributed by atoms with Gasteiger partial charge in [0.1, 0.15) is 12.4 Å². The summed E-state index contributed by atoms with van der Waals surface area (Å²) in [4.78, 5) is 21.2. The Balaban J connectivity index is 2.56. The summed E-state index contributed by atoms with van der Waals surface area (Å²) < 4.78 is 12.9. The molecule has 0 saturated carbocycles. The first kappa shape index (κ1) is 12.3. The monoisotopic (exact) mass is 246 g/mol. The fraction of sp³-hybridized carbons (Fsp3) is 0.111. The molecule has 1 aromatic rings. The fourth-order valence-corrected chi connectivity index (χ4v) is 1.02. The summed E-state index contributed by atoms with van der Waals surface area (Å²) in [6, 6.07) is 2.97. The van der Waals surface area contributed by atoms with E-state index >= 15 is 0 Å². The van der Waals surface area contributed by atoms with E-state index in [4.69, 9.17) is 16.7 Å². The van der Waals surface area contributed by atoms with Crippen LogP contribution in [0.4, 0.5) is 14.9 Å². The molecule has 5 nitrogen and oxygen atoms in total. The lowest BCUT2D eigenvalue weighted by Gasteiger charge is -2.06. The first-order valence-electron chi connectivity index (χ1n) is 4.20. The number of carboxylic acids is 1. The van der Waals surface area contributed by atoms with Crippen LogP contribution in [0, 0.1) is 5.82 Å². The second kappa shape index (κ2) is 5.32. The van der Waals surface area contributed by atoms with E-state index in [0.717, 1.165) is 6.07 Å². The first-order valence-corrected chi connectivity index (χ1v) is 4.58. The van der Waals surface area contributed by atoms with Crippen molar-refractivity contribution in [2.45, 2.75) is 0 Å². The molecule has 1 aromatic carbocycles. The van der Waals surface area contributed by atoms with E-state index in [2.05, 4.69) is 10.6 Å². The lowest BCUT2D eigenvalue weighted by Crippen LogP contribution is -2.33. The van der Waals surface area contributed by atoms with Crippen LogP contribution in [0.15, 0.2) is 18.2 Å². The van der Waals surface area contributed by atoms with Crippen molar-refractivity contribution in [2.24, 2.45) is 0 Å². The summed E-state index contributed by atoms with van der Waals surface area (Å²) in [6.45, 7) is -0.512. The molecule has 2 amide bonds. The normalized spacial score (nSPS) is 9.62. The minimum absolute atomic E-state index is 0.0588. The van der Waals surface area contributed by atoms with Gasteiger partial charge in [-0.05, 0) is 18.2 Å². The second-order valence-electron chi connectivity index (χ2n) is 2.83. The molecule has 0 radical (unpaired) electrons. The SMILES string of the molecule is O=C(O)CNC(=O)Nc1ccc(Cl)c(F)c1. The first-order chi connectivity index (χ1) is 7.49. The van der Waals surface area contributed by atoms with Gasteiger partial charge in [-0.25, -0.2) is 9.18 Å². The topological polar surface area (TPSA) is 78.4 Å². The number of urea groups is 1. The Labute approximate surface area is 95.2 Å². The van der Waals surface area contributed by atoms with Gasteiger partial charge in [0.05, 0.1) is 5.02 Å². The fourth-order valence-electron chi connectivity index (χ4n) is 0.905. The number of benzene rings is 1. The van der Waals surface area contributed by atoms with Crippen LogP contribution in [0.1, 0.15) is 0 Å². The number of hydrogen-bond donors (Lipinski definition) is 3. The van der Waals surface area contributed by atoms with Crippen molar-refractivity contribution in [2.75, 3.05) is 11.9 Å². The highest BCUT2D eigenvalue weighted by molar-refractivity contribution is 6.30. The Kier molecular flexibility index (Phi) is 4.07. The van der Waals surface area contributed by atoms with Gasteiger partial charge in [-0.2, -0.15) is 0 Å². The highest BCUT2D eigenvalue weighted by Crippen LogP contribution is 2.18.